The second-order valence-electron chi connectivity index (χ2n) is 9.14. The van der Waals surface area contributed by atoms with E-state index >= 15 is 0 Å². The zero-order chi connectivity index (χ0) is 24.3. The molecule has 0 aliphatic heterocycles. The summed E-state index contributed by atoms with van der Waals surface area (Å²) in [5.41, 5.74) is 4.16. The molecule has 2 unspecified atom stereocenters. The molecule has 0 saturated carbocycles. The van der Waals surface area contributed by atoms with Gasteiger partial charge in [-0.1, -0.05) is 63.8 Å². The van der Waals surface area contributed by atoms with E-state index in [-0.39, 0.29) is 5.97 Å². The average molecular weight is 480 g/mol. The second-order valence-corrected chi connectivity index (χ2v) is 10.3. The summed E-state index contributed by atoms with van der Waals surface area (Å²) >= 11 is 1.53. The Morgan fingerprint density at radius 3 is 2.65 bits per heavy atom. The zero-order valence-corrected chi connectivity index (χ0v) is 21.3. The highest BCUT2D eigenvalue weighted by atomic mass is 32.1. The van der Waals surface area contributed by atoms with Crippen molar-refractivity contribution in [1.82, 2.24) is 0 Å². The molecule has 1 N–H and O–H groups in total. The molecule has 0 saturated heterocycles. The van der Waals surface area contributed by atoms with Crippen molar-refractivity contribution in [1.29, 1.82) is 0 Å². The van der Waals surface area contributed by atoms with Crippen molar-refractivity contribution in [3.05, 3.63) is 74.4 Å². The van der Waals surface area contributed by atoms with E-state index in [1.165, 1.54) is 21.8 Å². The van der Waals surface area contributed by atoms with Crippen molar-refractivity contribution >= 4 is 22.9 Å². The maximum Gasteiger partial charge on any atom is 0.348 e. The number of hydrogen-bond acceptors (Lipinski definition) is 4. The SMILES string of the molecule is [C-]#[N+]C1=C(c2ccc(C(O)CCCCC)cc2)C(CCCc2ccc(C(=O)OCCC)s2)CC1. The molecular weight excluding hydrogens is 442 g/mol. The topological polar surface area (TPSA) is 50.9 Å². The molecule has 1 aromatic heterocycles. The van der Waals surface area contributed by atoms with Crippen LogP contribution in [0, 0.1) is 12.5 Å². The highest BCUT2D eigenvalue weighted by Gasteiger charge is 2.27. The molecule has 0 fully saturated rings. The number of nitrogens with zero attached hydrogens (tertiary/aromatic N) is 1. The van der Waals surface area contributed by atoms with Gasteiger partial charge in [-0.2, -0.15) is 0 Å². The molecule has 182 valence electrons. The molecule has 4 nitrogen and oxygen atoms in total. The van der Waals surface area contributed by atoms with Crippen LogP contribution in [0.5, 0.6) is 0 Å². The van der Waals surface area contributed by atoms with Crippen LogP contribution in [-0.2, 0) is 11.2 Å². The number of carbonyl (C=O) groups excluding carboxylic acids is 1. The van der Waals surface area contributed by atoms with Gasteiger partial charge in [-0.3, -0.25) is 0 Å². The number of rotatable bonds is 13. The zero-order valence-electron chi connectivity index (χ0n) is 20.5. The van der Waals surface area contributed by atoms with Gasteiger partial charge >= 0.3 is 5.97 Å². The first kappa shape index (κ1) is 26.2. The predicted octanol–water partition coefficient (Wildman–Crippen LogP) is 7.99. The Balaban J connectivity index is 1.59. The van der Waals surface area contributed by atoms with Gasteiger partial charge in [-0.15, -0.1) is 11.3 Å². The summed E-state index contributed by atoms with van der Waals surface area (Å²) in [6, 6.07) is 12.1. The van der Waals surface area contributed by atoms with Gasteiger partial charge in [-0.05, 0) is 73.3 Å². The van der Waals surface area contributed by atoms with Gasteiger partial charge in [0.25, 0.3) is 0 Å². The van der Waals surface area contributed by atoms with Gasteiger partial charge in [0.15, 0.2) is 5.70 Å². The molecule has 1 aliphatic carbocycles. The number of benzene rings is 1. The van der Waals surface area contributed by atoms with E-state index in [1.807, 2.05) is 31.2 Å². The summed E-state index contributed by atoms with van der Waals surface area (Å²) in [5, 5.41) is 10.5. The Morgan fingerprint density at radius 1 is 1.15 bits per heavy atom. The molecule has 34 heavy (non-hydrogen) atoms. The normalized spacial score (nSPS) is 16.5. The fourth-order valence-electron chi connectivity index (χ4n) is 4.68. The number of allylic oxidation sites excluding steroid dienone is 2. The van der Waals surface area contributed by atoms with Crippen LogP contribution in [0.1, 0.15) is 103 Å². The van der Waals surface area contributed by atoms with Crippen LogP contribution in [0.3, 0.4) is 0 Å². The third-order valence-electron chi connectivity index (χ3n) is 6.55. The summed E-state index contributed by atoms with van der Waals surface area (Å²) in [5.74, 6) is 0.165. The van der Waals surface area contributed by atoms with Crippen LogP contribution in [0.2, 0.25) is 0 Å². The summed E-state index contributed by atoms with van der Waals surface area (Å²) < 4.78 is 5.23. The smallest absolute Gasteiger partial charge is 0.348 e. The van der Waals surface area contributed by atoms with E-state index in [0.29, 0.717) is 17.4 Å². The van der Waals surface area contributed by atoms with Gasteiger partial charge in [0.2, 0.25) is 0 Å². The Bertz CT molecular complexity index is 999. The van der Waals surface area contributed by atoms with Crippen molar-refractivity contribution in [2.24, 2.45) is 5.92 Å². The van der Waals surface area contributed by atoms with E-state index in [4.69, 9.17) is 11.3 Å². The minimum Gasteiger partial charge on any atom is -0.462 e. The van der Waals surface area contributed by atoms with Gasteiger partial charge in [0, 0.05) is 4.88 Å². The number of aliphatic hydroxyl groups excluding tert-OH is 1. The minimum atomic E-state index is -0.413. The van der Waals surface area contributed by atoms with Crippen LogP contribution >= 0.6 is 11.3 Å². The van der Waals surface area contributed by atoms with Crippen molar-refractivity contribution < 1.29 is 14.6 Å². The standard InChI is InChI=1S/C29H37NO3S/c1-4-6-7-11-26(31)21-12-14-23(15-13-21)28-22(16-18-25(28)30-3)9-8-10-24-17-19-27(34-24)29(32)33-20-5-2/h12-15,17,19,22,26,31H,4-11,16,18,20H2,1-2H3. The maximum absolute atomic E-state index is 12.0. The van der Waals surface area contributed by atoms with Gasteiger partial charge in [0.05, 0.1) is 19.3 Å². The fourth-order valence-corrected chi connectivity index (χ4v) is 5.63. The highest BCUT2D eigenvalue weighted by Crippen LogP contribution is 2.42. The molecule has 0 radical (unpaired) electrons. The Hall–Kier alpha value is -2.42. The van der Waals surface area contributed by atoms with E-state index in [2.05, 4.69) is 23.9 Å². The van der Waals surface area contributed by atoms with Crippen molar-refractivity contribution in [2.75, 3.05) is 6.61 Å². The molecule has 1 aromatic carbocycles. The van der Waals surface area contributed by atoms with E-state index in [9.17, 15) is 9.90 Å². The fraction of sp³-hybridized carbons (Fsp3) is 0.517. The molecule has 0 spiro atoms. The molecular formula is C29H37NO3S. The lowest BCUT2D eigenvalue weighted by atomic mass is 9.89. The van der Waals surface area contributed by atoms with Crippen LogP contribution < -0.4 is 0 Å². The number of hydrogen-bond donors (Lipinski definition) is 1. The predicted molar refractivity (Wildman–Crippen MR) is 140 cm³/mol. The van der Waals surface area contributed by atoms with Crippen LogP contribution in [0.25, 0.3) is 10.4 Å². The van der Waals surface area contributed by atoms with Crippen molar-refractivity contribution in [3.63, 3.8) is 0 Å². The van der Waals surface area contributed by atoms with Crippen LogP contribution in [0.4, 0.5) is 0 Å². The molecule has 5 heteroatoms. The number of ether oxygens (including phenoxy) is 1. The first-order valence-electron chi connectivity index (χ1n) is 12.7. The van der Waals surface area contributed by atoms with Crippen molar-refractivity contribution in [2.45, 2.75) is 84.2 Å². The minimum absolute atomic E-state index is 0.222. The van der Waals surface area contributed by atoms with Gasteiger partial charge in [-0.25, -0.2) is 9.64 Å². The third kappa shape index (κ3) is 7.04. The summed E-state index contributed by atoms with van der Waals surface area (Å²) in [6.45, 7) is 12.3. The molecule has 2 atom stereocenters. The summed E-state index contributed by atoms with van der Waals surface area (Å²) in [6.07, 6.45) is 9.41. The lowest BCUT2D eigenvalue weighted by Crippen LogP contribution is -2.03. The quantitative estimate of drug-likeness (QED) is 0.180. The molecule has 0 bridgehead atoms. The lowest BCUT2D eigenvalue weighted by molar-refractivity contribution is 0.0511. The summed E-state index contributed by atoms with van der Waals surface area (Å²) in [4.78, 5) is 17.8. The number of unbranched alkanes of at least 4 members (excludes halogenated alkanes) is 2. The lowest BCUT2D eigenvalue weighted by Gasteiger charge is -2.17. The highest BCUT2D eigenvalue weighted by molar-refractivity contribution is 7.13. The van der Waals surface area contributed by atoms with Gasteiger partial charge < -0.3 is 9.84 Å². The number of aryl methyl sites for hydroxylation is 1. The second kappa shape index (κ2) is 13.5. The average Bonchev–Trinajstić information content (AvgIpc) is 3.50. The number of carbonyl (C=O) groups is 1. The van der Waals surface area contributed by atoms with E-state index in [1.54, 1.807) is 0 Å². The first-order chi connectivity index (χ1) is 16.6. The number of thiophene rings is 1. The van der Waals surface area contributed by atoms with E-state index < -0.39 is 6.10 Å². The van der Waals surface area contributed by atoms with Crippen molar-refractivity contribution in [3.8, 4) is 0 Å². The number of aliphatic hydroxyl groups is 1. The van der Waals surface area contributed by atoms with Crippen LogP contribution in [-0.4, -0.2) is 17.7 Å². The van der Waals surface area contributed by atoms with E-state index in [0.717, 1.165) is 81.0 Å². The van der Waals surface area contributed by atoms with Crippen LogP contribution in [0.15, 0.2) is 42.1 Å². The van der Waals surface area contributed by atoms with Gasteiger partial charge in [0.1, 0.15) is 4.88 Å². The first-order valence-corrected chi connectivity index (χ1v) is 13.5. The maximum atomic E-state index is 12.0. The molecule has 2 aromatic rings. The molecule has 3 rings (SSSR count). The monoisotopic (exact) mass is 479 g/mol. The molecule has 0 amide bonds. The number of esters is 1. The third-order valence-corrected chi connectivity index (χ3v) is 7.67. The largest absolute Gasteiger partial charge is 0.462 e. The Morgan fingerprint density at radius 2 is 1.94 bits per heavy atom. The Kier molecular flexibility index (Phi) is 10.4. The summed E-state index contributed by atoms with van der Waals surface area (Å²) in [7, 11) is 0. The molecule has 1 aliphatic rings. The Labute approximate surface area is 208 Å². The molecule has 1 heterocycles.